The molecule has 0 N–H and O–H groups in total. The number of allylic oxidation sites excluding steroid dienone is 1. The minimum Gasteiger partial charge on any atom is -0.621 e. The lowest BCUT2D eigenvalue weighted by Gasteiger charge is -2.29. The number of carbonyl (C=O) groups excluding carboxylic acids is 2. The van der Waals surface area contributed by atoms with Crippen molar-refractivity contribution in [3.05, 3.63) is 52.2 Å². The van der Waals surface area contributed by atoms with Gasteiger partial charge in [-0.15, -0.1) is 0 Å². The molecule has 2 atom stereocenters. The van der Waals surface area contributed by atoms with Crippen LogP contribution in [0.5, 0.6) is 0 Å². The van der Waals surface area contributed by atoms with E-state index in [2.05, 4.69) is 4.99 Å². The molecule has 2 aliphatic rings. The number of ether oxygens (including phenoxy) is 3. The highest BCUT2D eigenvalue weighted by Gasteiger charge is 2.56. The van der Waals surface area contributed by atoms with E-state index in [1.807, 2.05) is 30.3 Å². The van der Waals surface area contributed by atoms with Gasteiger partial charge < -0.3 is 19.4 Å². The van der Waals surface area contributed by atoms with Crippen LogP contribution >= 0.6 is 0 Å². The molecular formula is C19H20N2O6. The summed E-state index contributed by atoms with van der Waals surface area (Å²) in [6, 6.07) is 8.66. The smallest absolute Gasteiger partial charge is 0.344 e. The Bertz CT molecular complexity index is 852. The van der Waals surface area contributed by atoms with Crippen LogP contribution in [-0.4, -0.2) is 47.2 Å². The molecule has 0 saturated heterocycles. The molecule has 27 heavy (non-hydrogen) atoms. The van der Waals surface area contributed by atoms with Gasteiger partial charge in [0.05, 0.1) is 0 Å². The zero-order valence-corrected chi connectivity index (χ0v) is 15.3. The molecule has 2 aliphatic heterocycles. The van der Waals surface area contributed by atoms with Gasteiger partial charge in [0.25, 0.3) is 0 Å². The van der Waals surface area contributed by atoms with Gasteiger partial charge in [0.1, 0.15) is 12.2 Å². The molecule has 8 heteroatoms. The Morgan fingerprint density at radius 2 is 1.85 bits per heavy atom. The lowest BCUT2D eigenvalue weighted by Crippen LogP contribution is -2.54. The molecule has 8 nitrogen and oxygen atoms in total. The molecule has 0 aromatic heterocycles. The van der Waals surface area contributed by atoms with Gasteiger partial charge in [0.15, 0.2) is 6.61 Å². The number of rotatable bonds is 6. The lowest BCUT2D eigenvalue weighted by atomic mass is 9.93. The number of aliphatic imine (C=N–C) groups is 1. The van der Waals surface area contributed by atoms with Crippen LogP contribution in [0.2, 0.25) is 0 Å². The number of nitrogens with zero attached hydrogens (tertiary/aromatic N) is 2. The van der Waals surface area contributed by atoms with Crippen molar-refractivity contribution in [1.82, 2.24) is 0 Å². The van der Waals surface area contributed by atoms with Gasteiger partial charge in [-0.1, -0.05) is 35.9 Å². The number of fused-ring (bicyclic) bond motifs is 1. The Hall–Kier alpha value is -3.16. The summed E-state index contributed by atoms with van der Waals surface area (Å²) < 4.78 is 16.2. The summed E-state index contributed by atoms with van der Waals surface area (Å²) in [5.74, 6) is -0.906. The number of carbonyl (C=O) groups is 2. The molecular weight excluding hydrogens is 352 g/mol. The third-order valence-electron chi connectivity index (χ3n) is 4.13. The number of hydroxylamine groups is 1. The number of benzene rings is 1. The Kier molecular flexibility index (Phi) is 5.25. The summed E-state index contributed by atoms with van der Waals surface area (Å²) >= 11 is 0. The van der Waals surface area contributed by atoms with Crippen LogP contribution in [0.1, 0.15) is 26.3 Å². The molecule has 1 aromatic carbocycles. The van der Waals surface area contributed by atoms with E-state index in [1.54, 1.807) is 13.8 Å². The normalized spacial score (nSPS) is 20.0. The molecule has 0 radical (unpaired) electrons. The largest absolute Gasteiger partial charge is 0.621 e. The standard InChI is InChI=1S/C19H20N2O6/c1-11(2)15(19(23)26-9-13-7-5-4-6-8-13)17-16-18(21(17)24)27-14(20-16)10-25-12(3)22/h4-8,16,18H,9-10H2,1-3H3. The van der Waals surface area contributed by atoms with E-state index in [-0.39, 0.29) is 30.4 Å². The second-order valence-electron chi connectivity index (χ2n) is 6.40. The van der Waals surface area contributed by atoms with E-state index in [1.165, 1.54) is 6.92 Å². The first-order valence-corrected chi connectivity index (χ1v) is 8.47. The van der Waals surface area contributed by atoms with E-state index in [0.717, 1.165) is 5.56 Å². The van der Waals surface area contributed by atoms with Crippen molar-refractivity contribution in [3.63, 3.8) is 0 Å². The fourth-order valence-electron chi connectivity index (χ4n) is 2.86. The Morgan fingerprint density at radius 3 is 2.48 bits per heavy atom. The van der Waals surface area contributed by atoms with Gasteiger partial charge in [-0.25, -0.2) is 9.79 Å². The number of esters is 2. The van der Waals surface area contributed by atoms with Crippen molar-refractivity contribution in [3.8, 4) is 0 Å². The van der Waals surface area contributed by atoms with E-state index < -0.39 is 24.2 Å². The van der Waals surface area contributed by atoms with Crippen LogP contribution in [0.25, 0.3) is 0 Å². The van der Waals surface area contributed by atoms with Gasteiger partial charge >= 0.3 is 18.2 Å². The molecule has 0 saturated carbocycles. The molecule has 0 spiro atoms. The maximum atomic E-state index is 12.6. The average Bonchev–Trinajstić information content (AvgIpc) is 3.02. The zero-order valence-electron chi connectivity index (χ0n) is 15.3. The molecule has 142 valence electrons. The Labute approximate surface area is 156 Å². The van der Waals surface area contributed by atoms with Crippen molar-refractivity contribution in [2.24, 2.45) is 4.99 Å². The fourth-order valence-corrected chi connectivity index (χ4v) is 2.86. The van der Waals surface area contributed by atoms with Gasteiger partial charge in [0.2, 0.25) is 17.7 Å². The summed E-state index contributed by atoms with van der Waals surface area (Å²) in [4.78, 5) is 27.8. The van der Waals surface area contributed by atoms with Crippen molar-refractivity contribution in [1.29, 1.82) is 0 Å². The number of hydrogen-bond acceptors (Lipinski definition) is 7. The summed E-state index contributed by atoms with van der Waals surface area (Å²) in [7, 11) is 0. The third-order valence-corrected chi connectivity index (χ3v) is 4.13. The maximum absolute atomic E-state index is 12.6. The summed E-state index contributed by atoms with van der Waals surface area (Å²) in [5, 5.41) is 12.4. The maximum Gasteiger partial charge on any atom is 0.344 e. The topological polar surface area (TPSA) is 100 Å². The van der Waals surface area contributed by atoms with Crippen molar-refractivity contribution < 1.29 is 28.5 Å². The van der Waals surface area contributed by atoms with Crippen molar-refractivity contribution in [2.75, 3.05) is 6.61 Å². The van der Waals surface area contributed by atoms with Crippen molar-refractivity contribution >= 4 is 23.5 Å². The Morgan fingerprint density at radius 1 is 1.15 bits per heavy atom. The SMILES string of the molecule is CC(=O)OCC1=NC2C(C(C(=O)OCc3ccccc3)=C(C)C)=[N+]([O-])C2O1. The molecule has 0 bridgehead atoms. The molecule has 0 aliphatic carbocycles. The Balaban J connectivity index is 1.73. The molecule has 3 rings (SSSR count). The summed E-state index contributed by atoms with van der Waals surface area (Å²) in [6.45, 7) is 4.69. The molecule has 0 fully saturated rings. The molecule has 1 aromatic rings. The summed E-state index contributed by atoms with van der Waals surface area (Å²) in [5.41, 5.74) is 1.89. The second kappa shape index (κ2) is 7.61. The van der Waals surface area contributed by atoms with Gasteiger partial charge in [-0.3, -0.25) is 4.79 Å². The first kappa shape index (κ1) is 18.6. The van der Waals surface area contributed by atoms with Crippen LogP contribution in [0.15, 0.2) is 46.5 Å². The highest BCUT2D eigenvalue weighted by molar-refractivity contribution is 6.22. The van der Waals surface area contributed by atoms with Crippen LogP contribution in [-0.2, 0) is 30.4 Å². The third kappa shape index (κ3) is 3.84. The zero-order chi connectivity index (χ0) is 19.6. The average molecular weight is 372 g/mol. The highest BCUT2D eigenvalue weighted by Crippen LogP contribution is 2.30. The van der Waals surface area contributed by atoms with E-state index >= 15 is 0 Å². The predicted molar refractivity (Wildman–Crippen MR) is 96.0 cm³/mol. The van der Waals surface area contributed by atoms with Crippen molar-refractivity contribution in [2.45, 2.75) is 39.6 Å². The predicted octanol–water partition coefficient (Wildman–Crippen LogP) is 1.72. The quantitative estimate of drug-likeness (QED) is 0.326. The monoisotopic (exact) mass is 372 g/mol. The lowest BCUT2D eigenvalue weighted by molar-refractivity contribution is -0.573. The van der Waals surface area contributed by atoms with E-state index in [9.17, 15) is 14.8 Å². The second-order valence-corrected chi connectivity index (χ2v) is 6.40. The van der Waals surface area contributed by atoms with Gasteiger partial charge in [-0.05, 0) is 19.4 Å². The first-order chi connectivity index (χ1) is 12.9. The minimum atomic E-state index is -0.846. The van der Waals surface area contributed by atoms with Crippen LogP contribution < -0.4 is 0 Å². The van der Waals surface area contributed by atoms with Crippen LogP contribution in [0.3, 0.4) is 0 Å². The number of hydrogen-bond donors (Lipinski definition) is 0. The van der Waals surface area contributed by atoms with Crippen LogP contribution in [0, 0.1) is 5.21 Å². The van der Waals surface area contributed by atoms with E-state index in [0.29, 0.717) is 10.3 Å². The minimum absolute atomic E-state index is 0.105. The highest BCUT2D eigenvalue weighted by atomic mass is 16.6. The summed E-state index contributed by atoms with van der Waals surface area (Å²) in [6.07, 6.45) is -0.846. The van der Waals surface area contributed by atoms with Crippen LogP contribution in [0.4, 0.5) is 0 Å². The van der Waals surface area contributed by atoms with Gasteiger partial charge in [-0.2, -0.15) is 4.74 Å². The molecule has 0 amide bonds. The first-order valence-electron chi connectivity index (χ1n) is 8.47. The fraction of sp³-hybridized carbons (Fsp3) is 0.368. The molecule has 2 heterocycles. The van der Waals surface area contributed by atoms with Gasteiger partial charge in [0, 0.05) is 6.92 Å². The molecule has 2 unspecified atom stereocenters. The van der Waals surface area contributed by atoms with E-state index in [4.69, 9.17) is 14.2 Å².